The number of rotatable bonds is 9. The molecule has 0 unspecified atom stereocenters. The number of fused-ring (bicyclic) bond motifs is 12. The highest BCUT2D eigenvalue weighted by Crippen LogP contribution is 2.28. The van der Waals surface area contributed by atoms with Gasteiger partial charge in [-0.15, -0.1) is 0 Å². The predicted octanol–water partition coefficient (Wildman–Crippen LogP) is 4.94. The smallest absolute Gasteiger partial charge is 0.247 e. The van der Waals surface area contributed by atoms with Gasteiger partial charge in [-0.05, 0) is 73.9 Å². The fourth-order valence-corrected chi connectivity index (χ4v) is 5.56. The summed E-state index contributed by atoms with van der Waals surface area (Å²) in [4.78, 5) is 40.7. The van der Waals surface area contributed by atoms with Crippen LogP contribution in [-0.4, -0.2) is 49.7 Å². The lowest BCUT2D eigenvalue weighted by molar-refractivity contribution is -0.141. The van der Waals surface area contributed by atoms with E-state index in [0.29, 0.717) is 67.9 Å². The molecule has 0 spiro atoms. The van der Waals surface area contributed by atoms with Gasteiger partial charge in [0.2, 0.25) is 11.8 Å². The van der Waals surface area contributed by atoms with Crippen LogP contribution in [0.15, 0.2) is 72.8 Å². The van der Waals surface area contributed by atoms with E-state index in [2.05, 4.69) is 5.32 Å². The van der Waals surface area contributed by atoms with E-state index in [1.807, 2.05) is 42.5 Å². The van der Waals surface area contributed by atoms with E-state index in [-0.39, 0.29) is 12.2 Å². The van der Waals surface area contributed by atoms with Crippen LogP contribution in [-0.2, 0) is 22.4 Å². The number of ketones is 1. The van der Waals surface area contributed by atoms with E-state index in [0.717, 1.165) is 11.1 Å². The Morgan fingerprint density at radius 1 is 0.977 bits per heavy atom. The molecule has 0 aliphatic carbocycles. The molecule has 0 fully saturated rings. The summed E-state index contributed by atoms with van der Waals surface area (Å²) in [6, 6.07) is 21.1. The molecule has 2 amide bonds. The van der Waals surface area contributed by atoms with Gasteiger partial charge in [0.25, 0.3) is 0 Å². The molecular weight excluding hydrogens is 548 g/mol. The average Bonchev–Trinajstić information content (AvgIpc) is 3.05. The van der Waals surface area contributed by atoms with E-state index >= 15 is 0 Å². The predicted molar refractivity (Wildman–Crippen MR) is 162 cm³/mol. The number of aryl methyl sites for hydroxylation is 1. The highest BCUT2D eigenvalue weighted by molar-refractivity contribution is 6.02. The molecule has 3 aromatic rings. The molecule has 2 aliphatic heterocycles. The quantitative estimate of drug-likeness (QED) is 0.184. The summed E-state index contributed by atoms with van der Waals surface area (Å²) in [6.45, 7) is 0.455. The maximum Gasteiger partial charge on any atom is 0.247 e. The van der Waals surface area contributed by atoms with Gasteiger partial charge < -0.3 is 19.5 Å². The Morgan fingerprint density at radius 2 is 1.67 bits per heavy atom. The Labute approximate surface area is 252 Å². The van der Waals surface area contributed by atoms with Crippen molar-refractivity contribution in [3.63, 3.8) is 0 Å². The van der Waals surface area contributed by atoms with Crippen LogP contribution in [0.4, 0.5) is 0 Å². The van der Waals surface area contributed by atoms with Gasteiger partial charge in [0.15, 0.2) is 5.78 Å². The standard InChI is InChI=1S/C34H40N2O7/c1-41-27-19-24(20-28(22-27)42-2)9-8-13-29-30(34(39)36-40)12-6-7-18-43-26-16-14-23(15-17-26)21-31(35-33(29)38)32(37)25-10-4-3-5-11-25/h3-5,10-11,14-17,19-20,22,29-31,40H,6-9,12-13,18,21H2,1-2H3,(H,35,38)(H,36,39)/t29-,30+,31+/m1/s1. The van der Waals surface area contributed by atoms with E-state index in [1.165, 1.54) is 0 Å². The number of Topliss-reactive ketones (excluding diaryl/α,β-unsaturated/α-hetero) is 1. The lowest BCUT2D eigenvalue weighted by atomic mass is 9.82. The number of hydroxylamine groups is 1. The van der Waals surface area contributed by atoms with E-state index in [1.54, 1.807) is 50.0 Å². The van der Waals surface area contributed by atoms with Gasteiger partial charge in [0, 0.05) is 24.0 Å². The Hall–Kier alpha value is -4.37. The van der Waals surface area contributed by atoms with Crippen LogP contribution in [0.2, 0.25) is 0 Å². The molecule has 0 saturated carbocycles. The first-order chi connectivity index (χ1) is 20.9. The second-order valence-corrected chi connectivity index (χ2v) is 10.8. The van der Waals surface area contributed by atoms with Crippen LogP contribution in [0.1, 0.15) is 53.6 Å². The number of carbonyl (C=O) groups excluding carboxylic acids is 3. The number of nitrogens with one attached hydrogen (secondary N) is 2. The number of hydrogen-bond acceptors (Lipinski definition) is 7. The van der Waals surface area contributed by atoms with E-state index in [9.17, 15) is 19.6 Å². The number of benzene rings is 3. The summed E-state index contributed by atoms with van der Waals surface area (Å²) >= 11 is 0. The molecule has 43 heavy (non-hydrogen) atoms. The largest absolute Gasteiger partial charge is 0.497 e. The Morgan fingerprint density at radius 3 is 2.33 bits per heavy atom. The van der Waals surface area contributed by atoms with Crippen LogP contribution in [0.5, 0.6) is 17.2 Å². The molecule has 9 nitrogen and oxygen atoms in total. The van der Waals surface area contributed by atoms with Crippen molar-refractivity contribution in [1.82, 2.24) is 10.8 Å². The molecule has 2 heterocycles. The number of carbonyl (C=O) groups is 3. The Balaban J connectivity index is 1.62. The fourth-order valence-electron chi connectivity index (χ4n) is 5.56. The third-order valence-electron chi connectivity index (χ3n) is 7.89. The summed E-state index contributed by atoms with van der Waals surface area (Å²) in [5.74, 6) is -0.768. The van der Waals surface area contributed by atoms with E-state index < -0.39 is 29.7 Å². The van der Waals surface area contributed by atoms with Crippen molar-refractivity contribution in [1.29, 1.82) is 0 Å². The molecule has 2 aliphatic rings. The number of hydrogen-bond donors (Lipinski definition) is 3. The Bertz CT molecular complexity index is 1340. The van der Waals surface area contributed by atoms with Crippen molar-refractivity contribution in [3.8, 4) is 17.2 Å². The summed E-state index contributed by atoms with van der Waals surface area (Å²) in [6.07, 6.45) is 3.47. The van der Waals surface area contributed by atoms with Gasteiger partial charge in [0.05, 0.1) is 32.8 Å². The molecule has 228 valence electrons. The lowest BCUT2D eigenvalue weighted by Gasteiger charge is -2.27. The molecular formula is C34H40N2O7. The molecule has 3 aromatic carbocycles. The van der Waals surface area contributed by atoms with Crippen LogP contribution >= 0.6 is 0 Å². The molecule has 0 saturated heterocycles. The number of methoxy groups -OCH3 is 2. The van der Waals surface area contributed by atoms with Gasteiger partial charge in [0.1, 0.15) is 17.2 Å². The maximum atomic E-state index is 14.0. The molecule has 3 atom stereocenters. The maximum absolute atomic E-state index is 14.0. The van der Waals surface area contributed by atoms with Gasteiger partial charge in [-0.1, -0.05) is 42.5 Å². The molecule has 3 N–H and O–H groups in total. The average molecular weight is 589 g/mol. The van der Waals surface area contributed by atoms with Crippen molar-refractivity contribution in [2.45, 2.75) is 51.0 Å². The van der Waals surface area contributed by atoms with Gasteiger partial charge in [-0.3, -0.25) is 19.6 Å². The fraction of sp³-hybridized carbons (Fsp3) is 0.382. The summed E-state index contributed by atoms with van der Waals surface area (Å²) in [5, 5.41) is 12.6. The van der Waals surface area contributed by atoms with Crippen molar-refractivity contribution in [2.75, 3.05) is 20.8 Å². The number of amides is 2. The molecule has 5 rings (SSSR count). The second kappa shape index (κ2) is 15.7. The third-order valence-corrected chi connectivity index (χ3v) is 7.89. The minimum Gasteiger partial charge on any atom is -0.497 e. The SMILES string of the molecule is COc1cc(CCC[C@H]2C(=O)N[C@H](C(=O)c3ccccc3)Cc3ccc(cc3)OCCCC[C@@H]2C(=O)NO)cc(OC)c1. The molecule has 2 bridgehead atoms. The van der Waals surface area contributed by atoms with Crippen LogP contribution in [0.25, 0.3) is 0 Å². The Kier molecular flexibility index (Phi) is 11.6. The van der Waals surface area contributed by atoms with Gasteiger partial charge in [-0.2, -0.15) is 0 Å². The monoisotopic (exact) mass is 588 g/mol. The number of ether oxygens (including phenoxy) is 3. The van der Waals surface area contributed by atoms with Crippen molar-refractivity contribution >= 4 is 17.6 Å². The third kappa shape index (κ3) is 8.81. The zero-order valence-corrected chi connectivity index (χ0v) is 24.7. The zero-order chi connectivity index (χ0) is 30.6. The van der Waals surface area contributed by atoms with Crippen molar-refractivity contribution in [2.24, 2.45) is 11.8 Å². The van der Waals surface area contributed by atoms with Crippen molar-refractivity contribution < 1.29 is 33.8 Å². The normalized spacial score (nSPS) is 19.2. The molecule has 9 heteroatoms. The minimum atomic E-state index is -0.852. The van der Waals surface area contributed by atoms with Crippen LogP contribution < -0.4 is 25.0 Å². The second-order valence-electron chi connectivity index (χ2n) is 10.8. The first-order valence-electron chi connectivity index (χ1n) is 14.7. The first kappa shape index (κ1) is 31.6. The van der Waals surface area contributed by atoms with Gasteiger partial charge >= 0.3 is 0 Å². The highest BCUT2D eigenvalue weighted by Gasteiger charge is 2.35. The van der Waals surface area contributed by atoms with Gasteiger partial charge in [-0.25, -0.2) is 5.48 Å². The lowest BCUT2D eigenvalue weighted by Crippen LogP contribution is -2.48. The summed E-state index contributed by atoms with van der Waals surface area (Å²) in [5.41, 5.74) is 4.09. The van der Waals surface area contributed by atoms with E-state index in [4.69, 9.17) is 14.2 Å². The summed E-state index contributed by atoms with van der Waals surface area (Å²) in [7, 11) is 3.18. The van der Waals surface area contributed by atoms with Crippen LogP contribution in [0.3, 0.4) is 0 Å². The van der Waals surface area contributed by atoms with Crippen LogP contribution in [0, 0.1) is 11.8 Å². The zero-order valence-electron chi connectivity index (χ0n) is 24.7. The first-order valence-corrected chi connectivity index (χ1v) is 14.7. The van der Waals surface area contributed by atoms with Crippen molar-refractivity contribution in [3.05, 3.63) is 89.5 Å². The summed E-state index contributed by atoms with van der Waals surface area (Å²) < 4.78 is 16.7. The topological polar surface area (TPSA) is 123 Å². The minimum absolute atomic E-state index is 0.219. The molecule has 0 radical (unpaired) electrons. The molecule has 0 aromatic heterocycles. The highest BCUT2D eigenvalue weighted by atomic mass is 16.5.